The zero-order chi connectivity index (χ0) is 16.7. The topological polar surface area (TPSA) is 158 Å². The molecule has 0 aliphatic carbocycles. The molecule has 0 saturated carbocycles. The van der Waals surface area contributed by atoms with Crippen LogP contribution in [-0.2, 0) is 19.1 Å². The average Bonchev–Trinajstić information content (AvgIpc) is 2.50. The lowest BCUT2D eigenvalue weighted by Crippen LogP contribution is -2.64. The Labute approximate surface area is 127 Å². The second-order valence-electron chi connectivity index (χ2n) is 4.87. The van der Waals surface area contributed by atoms with E-state index >= 15 is 0 Å². The molecule has 1 aliphatic rings. The number of hydrogen-bond acceptors (Lipinski definition) is 9. The summed E-state index contributed by atoms with van der Waals surface area (Å²) in [5.74, 6) is -0.468. The standard InChI is InChI=1S/C12H22N2O8/c1-6(18)14-9-11(20)10(19)8(4-17)22-12(9)21-5-13-7(2-15)3-16/h2,7-13,16-17,19-20H,3-5H2,1H3,(H,14,18)/t7-,8?,9?,10?,11?,12?/m1/s1. The lowest BCUT2D eigenvalue weighted by Gasteiger charge is -2.42. The maximum absolute atomic E-state index is 11.2. The largest absolute Gasteiger partial charge is 0.394 e. The zero-order valence-electron chi connectivity index (χ0n) is 12.1. The molecule has 1 heterocycles. The monoisotopic (exact) mass is 322 g/mol. The molecule has 0 aromatic heterocycles. The first-order chi connectivity index (χ1) is 10.4. The van der Waals surface area contributed by atoms with E-state index in [2.05, 4.69) is 10.6 Å². The molecule has 5 unspecified atom stereocenters. The fourth-order valence-electron chi connectivity index (χ4n) is 2.01. The first-order valence-corrected chi connectivity index (χ1v) is 6.75. The molecular formula is C12H22N2O8. The predicted octanol–water partition coefficient (Wildman–Crippen LogP) is -3.95. The van der Waals surface area contributed by atoms with Gasteiger partial charge in [0.05, 0.1) is 19.3 Å². The third kappa shape index (κ3) is 4.95. The van der Waals surface area contributed by atoms with Gasteiger partial charge in [-0.25, -0.2) is 0 Å². The molecule has 0 radical (unpaired) electrons. The molecule has 6 N–H and O–H groups in total. The zero-order valence-corrected chi connectivity index (χ0v) is 12.1. The van der Waals surface area contributed by atoms with Crippen LogP contribution >= 0.6 is 0 Å². The van der Waals surface area contributed by atoms with Gasteiger partial charge in [-0.15, -0.1) is 0 Å². The number of rotatable bonds is 8. The Morgan fingerprint density at radius 3 is 2.55 bits per heavy atom. The Kier molecular flexibility index (Phi) is 7.82. The molecule has 1 fully saturated rings. The van der Waals surface area contributed by atoms with Gasteiger partial charge >= 0.3 is 0 Å². The summed E-state index contributed by atoms with van der Waals surface area (Å²) in [5, 5.41) is 42.7. The first kappa shape index (κ1) is 18.9. The normalized spacial score (nSPS) is 33.2. The van der Waals surface area contributed by atoms with Crippen LogP contribution in [0.25, 0.3) is 0 Å². The highest BCUT2D eigenvalue weighted by atomic mass is 16.7. The van der Waals surface area contributed by atoms with Crippen molar-refractivity contribution < 1.29 is 39.5 Å². The van der Waals surface area contributed by atoms with Crippen LogP contribution in [-0.4, -0.2) is 89.2 Å². The number of carbonyl (C=O) groups excluding carboxylic acids is 2. The van der Waals surface area contributed by atoms with E-state index in [-0.39, 0.29) is 6.73 Å². The van der Waals surface area contributed by atoms with E-state index in [1.807, 2.05) is 0 Å². The molecule has 1 rings (SSSR count). The summed E-state index contributed by atoms with van der Waals surface area (Å²) in [6.07, 6.45) is -4.54. The number of aliphatic hydroxyl groups excluding tert-OH is 4. The summed E-state index contributed by atoms with van der Waals surface area (Å²) in [5.41, 5.74) is 0. The molecule has 6 atom stereocenters. The number of hydrogen-bond donors (Lipinski definition) is 6. The second-order valence-corrected chi connectivity index (χ2v) is 4.87. The molecule has 10 heteroatoms. The minimum absolute atomic E-state index is 0.217. The van der Waals surface area contributed by atoms with Crippen LogP contribution in [0.1, 0.15) is 6.92 Å². The number of nitrogens with one attached hydrogen (secondary N) is 2. The van der Waals surface area contributed by atoms with Gasteiger partial charge in [0.1, 0.15) is 37.4 Å². The highest BCUT2D eigenvalue weighted by Crippen LogP contribution is 2.21. The van der Waals surface area contributed by atoms with Crippen LogP contribution < -0.4 is 10.6 Å². The molecule has 0 aromatic rings. The van der Waals surface area contributed by atoms with Gasteiger partial charge in [0, 0.05) is 6.92 Å². The van der Waals surface area contributed by atoms with Crippen molar-refractivity contribution in [1.29, 1.82) is 0 Å². The number of ether oxygens (including phenoxy) is 2. The summed E-state index contributed by atoms with van der Waals surface area (Å²) in [6.45, 7) is 0.0342. The van der Waals surface area contributed by atoms with Crippen LogP contribution in [0.3, 0.4) is 0 Å². The lowest BCUT2D eigenvalue weighted by molar-refractivity contribution is -0.272. The quantitative estimate of drug-likeness (QED) is 0.194. The highest BCUT2D eigenvalue weighted by Gasteiger charge is 2.45. The van der Waals surface area contributed by atoms with Gasteiger partial charge in [0.2, 0.25) is 5.91 Å². The molecule has 1 saturated heterocycles. The van der Waals surface area contributed by atoms with Crippen molar-refractivity contribution in [3.05, 3.63) is 0 Å². The minimum Gasteiger partial charge on any atom is -0.394 e. The molecular weight excluding hydrogens is 300 g/mol. The maximum atomic E-state index is 11.2. The van der Waals surface area contributed by atoms with Crippen LogP contribution in [0.5, 0.6) is 0 Å². The molecule has 0 spiro atoms. The average molecular weight is 322 g/mol. The van der Waals surface area contributed by atoms with Gasteiger partial charge in [-0.3, -0.25) is 10.1 Å². The van der Waals surface area contributed by atoms with Crippen LogP contribution in [0.2, 0.25) is 0 Å². The van der Waals surface area contributed by atoms with Crippen molar-refractivity contribution in [1.82, 2.24) is 10.6 Å². The van der Waals surface area contributed by atoms with Gasteiger partial charge in [0.25, 0.3) is 0 Å². The van der Waals surface area contributed by atoms with Crippen molar-refractivity contribution in [2.45, 2.75) is 43.6 Å². The third-order valence-electron chi connectivity index (χ3n) is 3.20. The minimum atomic E-state index is -1.40. The predicted molar refractivity (Wildman–Crippen MR) is 71.4 cm³/mol. The summed E-state index contributed by atoms with van der Waals surface area (Å²) in [7, 11) is 0. The first-order valence-electron chi connectivity index (χ1n) is 6.75. The number of carbonyl (C=O) groups is 2. The van der Waals surface area contributed by atoms with E-state index in [0.29, 0.717) is 6.29 Å². The third-order valence-corrected chi connectivity index (χ3v) is 3.20. The molecule has 22 heavy (non-hydrogen) atoms. The Morgan fingerprint density at radius 1 is 1.36 bits per heavy atom. The van der Waals surface area contributed by atoms with Gasteiger partial charge in [-0.2, -0.15) is 0 Å². The molecule has 1 aliphatic heterocycles. The molecule has 1 amide bonds. The maximum Gasteiger partial charge on any atom is 0.217 e. The molecule has 128 valence electrons. The van der Waals surface area contributed by atoms with E-state index in [9.17, 15) is 19.8 Å². The van der Waals surface area contributed by atoms with Crippen molar-refractivity contribution in [3.63, 3.8) is 0 Å². The SMILES string of the molecule is CC(=O)NC1C(OCN[C@H](C=O)CO)OC(CO)C(O)C1O. The van der Waals surface area contributed by atoms with Crippen LogP contribution in [0, 0.1) is 0 Å². The number of aldehydes is 1. The Balaban J connectivity index is 2.68. The van der Waals surface area contributed by atoms with Crippen molar-refractivity contribution in [2.75, 3.05) is 19.9 Å². The summed E-state index contributed by atoms with van der Waals surface area (Å²) in [4.78, 5) is 21.7. The second kappa shape index (κ2) is 9.10. The Hall–Kier alpha value is -1.14. The van der Waals surface area contributed by atoms with E-state index in [1.165, 1.54) is 6.92 Å². The van der Waals surface area contributed by atoms with Gasteiger partial charge in [0.15, 0.2) is 6.29 Å². The Bertz CT molecular complexity index is 369. The highest BCUT2D eigenvalue weighted by molar-refractivity contribution is 5.73. The number of amides is 1. The fourth-order valence-corrected chi connectivity index (χ4v) is 2.01. The smallest absolute Gasteiger partial charge is 0.217 e. The van der Waals surface area contributed by atoms with Crippen LogP contribution in [0.15, 0.2) is 0 Å². The molecule has 0 aromatic carbocycles. The van der Waals surface area contributed by atoms with Crippen molar-refractivity contribution in [2.24, 2.45) is 0 Å². The summed E-state index contributed by atoms with van der Waals surface area (Å²) < 4.78 is 10.6. The van der Waals surface area contributed by atoms with Gasteiger partial charge < -0.3 is 40.0 Å². The molecule has 0 bridgehead atoms. The van der Waals surface area contributed by atoms with Crippen LogP contribution in [0.4, 0.5) is 0 Å². The summed E-state index contributed by atoms with van der Waals surface area (Å²) in [6, 6.07) is -1.88. The summed E-state index contributed by atoms with van der Waals surface area (Å²) >= 11 is 0. The van der Waals surface area contributed by atoms with E-state index in [1.54, 1.807) is 0 Å². The molecule has 10 nitrogen and oxygen atoms in total. The Morgan fingerprint density at radius 2 is 2.05 bits per heavy atom. The number of aliphatic hydroxyl groups is 4. The van der Waals surface area contributed by atoms with Gasteiger partial charge in [-0.1, -0.05) is 0 Å². The van der Waals surface area contributed by atoms with Crippen molar-refractivity contribution in [3.8, 4) is 0 Å². The van der Waals surface area contributed by atoms with Gasteiger partial charge in [-0.05, 0) is 0 Å². The van der Waals surface area contributed by atoms with Crippen molar-refractivity contribution >= 4 is 12.2 Å². The van der Waals surface area contributed by atoms with E-state index in [4.69, 9.17) is 19.7 Å². The fraction of sp³-hybridized carbons (Fsp3) is 0.833. The lowest BCUT2D eigenvalue weighted by atomic mass is 9.97. The van der Waals surface area contributed by atoms with E-state index in [0.717, 1.165) is 0 Å². The van der Waals surface area contributed by atoms with E-state index < -0.39 is 55.8 Å².